The summed E-state index contributed by atoms with van der Waals surface area (Å²) in [6, 6.07) is 17.6. The molecule has 4 aromatic heterocycles. The maximum absolute atomic E-state index is 13.2. The van der Waals surface area contributed by atoms with Crippen LogP contribution < -0.4 is 10.3 Å². The van der Waals surface area contributed by atoms with Crippen LogP contribution in [0.25, 0.3) is 39.0 Å². The van der Waals surface area contributed by atoms with Crippen molar-refractivity contribution in [3.8, 4) is 17.1 Å². The van der Waals surface area contributed by atoms with Gasteiger partial charge in [-0.2, -0.15) is 9.50 Å². The summed E-state index contributed by atoms with van der Waals surface area (Å²) in [4.78, 5) is 25.4. The van der Waals surface area contributed by atoms with Crippen LogP contribution >= 0.6 is 0 Å². The zero-order chi connectivity index (χ0) is 22.4. The molecule has 0 spiro atoms. The number of aromatic amines is 1. The van der Waals surface area contributed by atoms with Crippen LogP contribution in [-0.2, 0) is 13.0 Å². The number of H-pyrrole nitrogens is 1. The van der Waals surface area contributed by atoms with E-state index in [-0.39, 0.29) is 5.56 Å². The van der Waals surface area contributed by atoms with Gasteiger partial charge in [0.25, 0.3) is 11.3 Å². The van der Waals surface area contributed by atoms with Gasteiger partial charge in [0, 0.05) is 41.6 Å². The maximum Gasteiger partial charge on any atom is 0.261 e. The average molecular weight is 436 g/mol. The molecule has 0 unspecified atom stereocenters. The van der Waals surface area contributed by atoms with Crippen LogP contribution in [0.3, 0.4) is 0 Å². The number of rotatable bonds is 5. The number of ether oxygens (including phenoxy) is 1. The van der Waals surface area contributed by atoms with Crippen molar-refractivity contribution >= 4 is 27.6 Å². The van der Waals surface area contributed by atoms with Crippen LogP contribution in [0.2, 0.25) is 0 Å². The molecule has 0 aliphatic rings. The van der Waals surface area contributed by atoms with E-state index in [1.165, 1.54) is 10.9 Å². The fraction of sp³-hybridized carbons (Fsp3) is 0.120. The van der Waals surface area contributed by atoms with Crippen molar-refractivity contribution in [2.24, 2.45) is 0 Å². The van der Waals surface area contributed by atoms with E-state index in [1.54, 1.807) is 22.4 Å². The summed E-state index contributed by atoms with van der Waals surface area (Å²) in [5, 5.41) is 6.30. The molecule has 0 fully saturated rings. The monoisotopic (exact) mass is 436 g/mol. The highest BCUT2D eigenvalue weighted by Crippen LogP contribution is 2.21. The Morgan fingerprint density at radius 2 is 1.88 bits per heavy atom. The summed E-state index contributed by atoms with van der Waals surface area (Å²) >= 11 is 0. The van der Waals surface area contributed by atoms with Crippen LogP contribution in [0.1, 0.15) is 5.56 Å². The number of aryl methyl sites for hydroxylation is 2. The normalized spacial score (nSPS) is 11.5. The van der Waals surface area contributed by atoms with Gasteiger partial charge < -0.3 is 14.3 Å². The molecule has 6 rings (SSSR count). The summed E-state index contributed by atoms with van der Waals surface area (Å²) in [5.41, 5.74) is 3.72. The van der Waals surface area contributed by atoms with Crippen molar-refractivity contribution in [1.29, 1.82) is 0 Å². The zero-order valence-electron chi connectivity index (χ0n) is 17.9. The van der Waals surface area contributed by atoms with E-state index in [2.05, 4.69) is 32.2 Å². The number of pyridine rings is 1. The average Bonchev–Trinajstić information content (AvgIpc) is 3.48. The van der Waals surface area contributed by atoms with Gasteiger partial charge in [-0.3, -0.25) is 4.79 Å². The molecule has 0 amide bonds. The Kier molecular flexibility index (Phi) is 4.43. The smallest absolute Gasteiger partial charge is 0.261 e. The van der Waals surface area contributed by atoms with Gasteiger partial charge in [-0.25, -0.2) is 4.98 Å². The molecule has 162 valence electrons. The highest BCUT2D eigenvalue weighted by Gasteiger charge is 2.13. The second-order valence-corrected chi connectivity index (χ2v) is 7.86. The van der Waals surface area contributed by atoms with Crippen LogP contribution in [0.4, 0.5) is 0 Å². The number of para-hydroxylation sites is 1. The number of hydrogen-bond acceptors (Lipinski definition) is 5. The summed E-state index contributed by atoms with van der Waals surface area (Å²) in [6.07, 6.45) is 6.16. The van der Waals surface area contributed by atoms with Crippen molar-refractivity contribution in [2.75, 3.05) is 7.11 Å². The summed E-state index contributed by atoms with van der Waals surface area (Å²) in [6.45, 7) is 0.573. The number of methoxy groups -OCH3 is 1. The quantitative estimate of drug-likeness (QED) is 0.444. The molecule has 0 aliphatic heterocycles. The molecule has 0 atom stereocenters. The first kappa shape index (κ1) is 19.2. The van der Waals surface area contributed by atoms with Gasteiger partial charge in [0.05, 0.1) is 18.0 Å². The Hall–Kier alpha value is -4.46. The van der Waals surface area contributed by atoms with Crippen LogP contribution in [0.5, 0.6) is 5.75 Å². The van der Waals surface area contributed by atoms with Crippen molar-refractivity contribution < 1.29 is 4.74 Å². The van der Waals surface area contributed by atoms with Gasteiger partial charge in [0.1, 0.15) is 5.75 Å². The Morgan fingerprint density at radius 3 is 2.73 bits per heavy atom. The maximum atomic E-state index is 13.2. The van der Waals surface area contributed by atoms with Crippen LogP contribution in [0.15, 0.2) is 78.0 Å². The molecule has 0 saturated heterocycles. The molecule has 8 heteroatoms. The van der Waals surface area contributed by atoms with Crippen LogP contribution in [0, 0.1) is 0 Å². The third-order valence-corrected chi connectivity index (χ3v) is 5.95. The molecule has 4 heterocycles. The van der Waals surface area contributed by atoms with Gasteiger partial charge in [-0.1, -0.05) is 18.2 Å². The third-order valence-electron chi connectivity index (χ3n) is 5.95. The molecular weight excluding hydrogens is 416 g/mol. The largest absolute Gasteiger partial charge is 0.497 e. The second-order valence-electron chi connectivity index (χ2n) is 7.86. The van der Waals surface area contributed by atoms with Gasteiger partial charge in [-0.15, -0.1) is 5.10 Å². The molecule has 1 N–H and O–H groups in total. The SMILES string of the molecule is COc1ccc(-c2nc3ncc4c(=O)n(CCc5c[nH]c6ccccc56)ccc4n3n2)cc1. The van der Waals surface area contributed by atoms with Crippen molar-refractivity contribution in [2.45, 2.75) is 13.0 Å². The van der Waals surface area contributed by atoms with Gasteiger partial charge >= 0.3 is 0 Å². The standard InChI is InChI=1S/C25H20N6O2/c1-33-18-8-6-16(7-9-18)23-28-25-27-15-20-22(31(25)29-23)11-13-30(24(20)32)12-10-17-14-26-21-5-3-2-4-19(17)21/h2-9,11,13-15,26H,10,12H2,1H3. The first-order valence-electron chi connectivity index (χ1n) is 10.7. The Labute approximate surface area is 188 Å². The predicted octanol–water partition coefficient (Wildman–Crippen LogP) is 3.84. The number of fused-ring (bicyclic) bond motifs is 4. The Morgan fingerprint density at radius 1 is 1.03 bits per heavy atom. The summed E-state index contributed by atoms with van der Waals surface area (Å²) < 4.78 is 8.56. The minimum Gasteiger partial charge on any atom is -0.497 e. The van der Waals surface area contributed by atoms with E-state index in [0.717, 1.165) is 23.3 Å². The minimum absolute atomic E-state index is 0.0942. The van der Waals surface area contributed by atoms with Gasteiger partial charge in [0.15, 0.2) is 5.82 Å². The lowest BCUT2D eigenvalue weighted by molar-refractivity contribution is 0.415. The van der Waals surface area contributed by atoms with E-state index >= 15 is 0 Å². The fourth-order valence-corrected chi connectivity index (χ4v) is 4.18. The first-order chi connectivity index (χ1) is 16.2. The van der Waals surface area contributed by atoms with E-state index in [9.17, 15) is 4.79 Å². The fourth-order valence-electron chi connectivity index (χ4n) is 4.18. The number of nitrogens with zero attached hydrogens (tertiary/aromatic N) is 5. The number of hydrogen-bond donors (Lipinski definition) is 1. The topological polar surface area (TPSA) is 90.1 Å². The predicted molar refractivity (Wildman–Crippen MR) is 127 cm³/mol. The molecular formula is C25H20N6O2. The van der Waals surface area contributed by atoms with Crippen molar-refractivity contribution in [3.05, 3.63) is 89.1 Å². The molecule has 8 nitrogen and oxygen atoms in total. The third kappa shape index (κ3) is 3.23. The molecule has 6 aromatic rings. The van der Waals surface area contributed by atoms with E-state index in [1.807, 2.05) is 54.9 Å². The van der Waals surface area contributed by atoms with E-state index < -0.39 is 0 Å². The molecule has 33 heavy (non-hydrogen) atoms. The van der Waals surface area contributed by atoms with Crippen molar-refractivity contribution in [3.63, 3.8) is 0 Å². The lowest BCUT2D eigenvalue weighted by Crippen LogP contribution is -2.21. The highest BCUT2D eigenvalue weighted by molar-refractivity contribution is 5.83. The molecule has 2 aromatic carbocycles. The lowest BCUT2D eigenvalue weighted by Gasteiger charge is -2.07. The second kappa shape index (κ2) is 7.59. The van der Waals surface area contributed by atoms with E-state index in [0.29, 0.717) is 29.0 Å². The highest BCUT2D eigenvalue weighted by atomic mass is 16.5. The van der Waals surface area contributed by atoms with Crippen molar-refractivity contribution in [1.82, 2.24) is 29.1 Å². The summed E-state index contributed by atoms with van der Waals surface area (Å²) in [7, 11) is 1.63. The molecule has 0 aliphatic carbocycles. The Balaban J connectivity index is 1.35. The summed E-state index contributed by atoms with van der Waals surface area (Å²) in [5.74, 6) is 1.75. The van der Waals surface area contributed by atoms with E-state index in [4.69, 9.17) is 4.74 Å². The van der Waals surface area contributed by atoms with Crippen LogP contribution in [-0.4, -0.2) is 36.2 Å². The van der Waals surface area contributed by atoms with Gasteiger partial charge in [0.2, 0.25) is 0 Å². The molecule has 0 radical (unpaired) electrons. The number of nitrogens with one attached hydrogen (secondary N) is 1. The lowest BCUT2D eigenvalue weighted by atomic mass is 10.1. The number of benzene rings is 2. The molecule has 0 saturated carbocycles. The zero-order valence-corrected chi connectivity index (χ0v) is 17.9. The first-order valence-corrected chi connectivity index (χ1v) is 10.7. The van der Waals surface area contributed by atoms with Gasteiger partial charge in [-0.05, 0) is 48.4 Å². The Bertz CT molecular complexity index is 1680. The number of aromatic nitrogens is 6. The minimum atomic E-state index is -0.0942. The molecule has 0 bridgehead atoms.